The highest BCUT2D eigenvalue weighted by Gasteiger charge is 2.29. The number of carbonyl (C=O) groups excluding carboxylic acids is 3. The molecule has 0 aromatic heterocycles. The van der Waals surface area contributed by atoms with Gasteiger partial charge in [-0.25, -0.2) is 9.13 Å². The van der Waals surface area contributed by atoms with Gasteiger partial charge in [0.15, 0.2) is 6.10 Å². The first-order chi connectivity index (χ1) is 48.2. The van der Waals surface area contributed by atoms with Crippen LogP contribution >= 0.6 is 15.6 Å². The van der Waals surface area contributed by atoms with Crippen LogP contribution in [0.2, 0.25) is 0 Å². The van der Waals surface area contributed by atoms with Crippen molar-refractivity contribution in [3.63, 3.8) is 0 Å². The van der Waals surface area contributed by atoms with Crippen molar-refractivity contribution >= 4 is 33.6 Å². The van der Waals surface area contributed by atoms with Gasteiger partial charge in [0.05, 0.1) is 26.4 Å². The molecule has 0 aromatic rings. The number of allylic oxidation sites excluding steroid dienone is 26. The highest BCUT2D eigenvalue weighted by molar-refractivity contribution is 7.47. The van der Waals surface area contributed by atoms with Gasteiger partial charge in [0.25, 0.3) is 0 Å². The molecule has 0 aliphatic heterocycles. The maximum absolute atomic E-state index is 13.0. The van der Waals surface area contributed by atoms with Gasteiger partial charge in [-0.1, -0.05) is 269 Å². The smallest absolute Gasteiger partial charge is 0.463 e. The van der Waals surface area contributed by atoms with E-state index in [1.165, 1.54) is 44.9 Å². The van der Waals surface area contributed by atoms with Crippen molar-refractivity contribution in [2.75, 3.05) is 39.6 Å². The molecule has 0 saturated heterocycles. The van der Waals surface area contributed by atoms with E-state index in [-0.39, 0.29) is 19.3 Å². The molecule has 0 aromatic carbocycles. The van der Waals surface area contributed by atoms with Crippen LogP contribution in [0.5, 0.6) is 0 Å². The van der Waals surface area contributed by atoms with Crippen LogP contribution in [0.15, 0.2) is 158 Å². The number of hydrogen-bond donors (Lipinski definition) is 4. The molecule has 0 spiro atoms. The summed E-state index contributed by atoms with van der Waals surface area (Å²) in [5.41, 5.74) is 0. The van der Waals surface area contributed by atoms with E-state index in [4.69, 9.17) is 32.3 Å². The first-order valence-electron chi connectivity index (χ1n) is 37.8. The summed E-state index contributed by atoms with van der Waals surface area (Å²) in [6.07, 6.45) is 90.0. The van der Waals surface area contributed by atoms with E-state index in [2.05, 4.69) is 179 Å². The number of aliphatic hydroxyl groups excluding tert-OH is 2. The molecule has 0 rings (SSSR count). The lowest BCUT2D eigenvalue weighted by atomic mass is 10.1. The van der Waals surface area contributed by atoms with Gasteiger partial charge in [0, 0.05) is 19.3 Å². The Morgan fingerprint density at radius 2 is 0.535 bits per heavy atom. The van der Waals surface area contributed by atoms with Crippen molar-refractivity contribution in [3.05, 3.63) is 158 Å². The van der Waals surface area contributed by atoms with E-state index in [1.807, 2.05) is 0 Å². The second kappa shape index (κ2) is 72.9. The standard InChI is InChI=1S/C81H134O16P2/c1-4-7-10-13-16-19-22-25-28-30-32-34-36-37-39-41-42-44-47-49-52-55-58-61-64-67-79(84)91-70-76(82)71-93-98(87,88)94-72-77(83)73-95-99(89,90)96-75-78(97-81(86)69-66-63-60-57-54-51-46-27-24-21-18-15-12-9-6-3)74-92-80(85)68-65-62-59-56-53-50-48-45-43-40-38-35-33-31-29-26-23-20-17-14-11-8-5-2/h7-8,10-11,16-21,25-29,32-35,37,39-40,43,46,48,50,76-78,82-83H,4-6,9,12-15,22-24,30-31,36,38,41-42,44-45,47,49,51-75H2,1-3H3,(H,87,88)(H,89,90)/b10-7-,11-8-,19-16-,20-17-,21-18-,28-25-,29-26-,34-32-,35-33-,39-37-,43-40-,46-27-,50-48-. The topological polar surface area (TPSA) is 231 Å². The Kier molecular flexibility index (Phi) is 69.4. The fourth-order valence-electron chi connectivity index (χ4n) is 9.51. The fraction of sp³-hybridized carbons (Fsp3) is 0.642. The van der Waals surface area contributed by atoms with Gasteiger partial charge in [-0.15, -0.1) is 0 Å². The Morgan fingerprint density at radius 3 is 0.848 bits per heavy atom. The van der Waals surface area contributed by atoms with Gasteiger partial charge in [0.2, 0.25) is 0 Å². The number of phosphoric ester groups is 2. The number of esters is 3. The normalized spacial score (nSPS) is 14.9. The number of unbranched alkanes of at least 4 members (excludes halogenated alkanes) is 21. The molecule has 4 N–H and O–H groups in total. The third-order valence-electron chi connectivity index (χ3n) is 15.2. The molecule has 16 nitrogen and oxygen atoms in total. The molecular formula is C81H134O16P2. The Hall–Kier alpha value is -4.83. The third-order valence-corrected chi connectivity index (χ3v) is 17.1. The fourth-order valence-corrected chi connectivity index (χ4v) is 11.1. The molecule has 0 saturated carbocycles. The summed E-state index contributed by atoms with van der Waals surface area (Å²) < 4.78 is 61.0. The lowest BCUT2D eigenvalue weighted by Gasteiger charge is -2.21. The summed E-state index contributed by atoms with van der Waals surface area (Å²) in [6.45, 7) is 2.36. The third kappa shape index (κ3) is 74.2. The molecule has 0 fully saturated rings. The molecule has 18 heteroatoms. The number of hydrogen-bond acceptors (Lipinski definition) is 14. The van der Waals surface area contributed by atoms with Gasteiger partial charge >= 0.3 is 33.6 Å². The molecule has 0 aliphatic carbocycles. The maximum Gasteiger partial charge on any atom is 0.472 e. The van der Waals surface area contributed by atoms with Crippen LogP contribution in [-0.4, -0.2) is 95.9 Å². The van der Waals surface area contributed by atoms with Crippen LogP contribution < -0.4 is 0 Å². The quantitative estimate of drug-likeness (QED) is 0.0146. The summed E-state index contributed by atoms with van der Waals surface area (Å²) in [4.78, 5) is 58.6. The molecule has 564 valence electrons. The van der Waals surface area contributed by atoms with Gasteiger partial charge in [-0.3, -0.25) is 32.5 Å². The van der Waals surface area contributed by atoms with Gasteiger partial charge in [-0.2, -0.15) is 0 Å². The molecule has 0 heterocycles. The minimum Gasteiger partial charge on any atom is -0.463 e. The van der Waals surface area contributed by atoms with E-state index >= 15 is 0 Å². The molecule has 99 heavy (non-hydrogen) atoms. The van der Waals surface area contributed by atoms with Crippen LogP contribution in [0.25, 0.3) is 0 Å². The SMILES string of the molecule is CC/C=C\C/C=C\C/C=C\C/C=C\C/C=C\C/C=C\CCCCCCC(=O)OCC(COP(=O)(O)OCC(O)COP(=O)(O)OCC(O)COC(=O)CCCCCCCCCCC/C=C\C/C=C\C/C=C\C/C=C\C/C=C\CC)OC(=O)CCCCCCC/C=C\C/C=C\CCCCC. The van der Waals surface area contributed by atoms with Gasteiger partial charge in [-0.05, 0) is 148 Å². The summed E-state index contributed by atoms with van der Waals surface area (Å²) in [5, 5.41) is 20.6. The number of rotatable bonds is 70. The van der Waals surface area contributed by atoms with E-state index in [1.54, 1.807) is 0 Å². The summed E-state index contributed by atoms with van der Waals surface area (Å²) in [6, 6.07) is 0. The van der Waals surface area contributed by atoms with Crippen LogP contribution in [0.4, 0.5) is 0 Å². The summed E-state index contributed by atoms with van der Waals surface area (Å²) in [7, 11) is -9.81. The van der Waals surface area contributed by atoms with Crippen LogP contribution in [-0.2, 0) is 55.8 Å². The zero-order chi connectivity index (χ0) is 72.3. The number of ether oxygens (including phenoxy) is 3. The zero-order valence-corrected chi connectivity index (χ0v) is 63.1. The lowest BCUT2D eigenvalue weighted by molar-refractivity contribution is -0.161. The number of carbonyl (C=O) groups is 3. The maximum atomic E-state index is 13.0. The van der Waals surface area contributed by atoms with Crippen LogP contribution in [0.3, 0.4) is 0 Å². The summed E-state index contributed by atoms with van der Waals surface area (Å²) >= 11 is 0. The van der Waals surface area contributed by atoms with Gasteiger partial charge in [0.1, 0.15) is 25.4 Å². The Bertz CT molecular complexity index is 2430. The van der Waals surface area contributed by atoms with Gasteiger partial charge < -0.3 is 34.2 Å². The highest BCUT2D eigenvalue weighted by atomic mass is 31.2. The minimum absolute atomic E-state index is 0.0772. The van der Waals surface area contributed by atoms with Crippen molar-refractivity contribution in [1.29, 1.82) is 0 Å². The second-order valence-corrected chi connectivity index (χ2v) is 27.6. The average molecular weight is 1430 g/mol. The largest absolute Gasteiger partial charge is 0.472 e. The molecule has 5 unspecified atom stereocenters. The predicted molar refractivity (Wildman–Crippen MR) is 408 cm³/mol. The van der Waals surface area contributed by atoms with Crippen molar-refractivity contribution in [2.24, 2.45) is 0 Å². The van der Waals surface area contributed by atoms with Crippen molar-refractivity contribution < 1.29 is 75.8 Å². The molecule has 0 bridgehead atoms. The van der Waals surface area contributed by atoms with Crippen molar-refractivity contribution in [1.82, 2.24) is 0 Å². The number of phosphoric acid groups is 2. The average Bonchev–Trinajstić information content (AvgIpc) is 1.84. The molecule has 5 atom stereocenters. The van der Waals surface area contributed by atoms with Crippen molar-refractivity contribution in [2.45, 2.75) is 296 Å². The van der Waals surface area contributed by atoms with Crippen LogP contribution in [0, 0.1) is 0 Å². The first-order valence-corrected chi connectivity index (χ1v) is 40.8. The summed E-state index contributed by atoms with van der Waals surface area (Å²) in [5.74, 6) is -1.63. The van der Waals surface area contributed by atoms with Crippen molar-refractivity contribution in [3.8, 4) is 0 Å². The first kappa shape index (κ1) is 94.2. The lowest BCUT2D eigenvalue weighted by Crippen LogP contribution is -2.30. The number of aliphatic hydroxyl groups is 2. The highest BCUT2D eigenvalue weighted by Crippen LogP contribution is 2.45. The van der Waals surface area contributed by atoms with Crippen LogP contribution in [0.1, 0.15) is 278 Å². The molecule has 0 radical (unpaired) electrons. The molecular weight excluding hydrogens is 1290 g/mol. The second-order valence-electron chi connectivity index (χ2n) is 24.7. The molecule has 0 amide bonds. The monoisotopic (exact) mass is 1420 g/mol. The van der Waals surface area contributed by atoms with E-state index in [0.717, 1.165) is 173 Å². The Morgan fingerprint density at radius 1 is 0.293 bits per heavy atom. The zero-order valence-electron chi connectivity index (χ0n) is 61.4. The Labute approximate surface area is 600 Å². The minimum atomic E-state index is -4.95. The molecule has 0 aliphatic rings. The Balaban J connectivity index is 4.66. The van der Waals surface area contributed by atoms with E-state index < -0.39 is 91.5 Å². The predicted octanol–water partition coefficient (Wildman–Crippen LogP) is 21.9. The van der Waals surface area contributed by atoms with E-state index in [9.17, 15) is 43.5 Å². The van der Waals surface area contributed by atoms with E-state index in [0.29, 0.717) is 19.3 Å².